The van der Waals surface area contributed by atoms with Crippen molar-refractivity contribution < 1.29 is 28.6 Å². The van der Waals surface area contributed by atoms with Crippen LogP contribution in [0.25, 0.3) is 0 Å². The lowest BCUT2D eigenvalue weighted by atomic mass is 10.2. The minimum atomic E-state index is -0.494. The number of anilines is 3. The van der Waals surface area contributed by atoms with Crippen molar-refractivity contribution in [2.24, 2.45) is 0 Å². The molecule has 1 aromatic carbocycles. The van der Waals surface area contributed by atoms with Crippen LogP contribution in [0, 0.1) is 6.92 Å². The Balaban J connectivity index is 0.000000248. The maximum atomic E-state index is 12.0. The third-order valence-electron chi connectivity index (χ3n) is 4.73. The molecule has 1 aliphatic heterocycles. The van der Waals surface area contributed by atoms with Crippen LogP contribution in [0.15, 0.2) is 24.3 Å². The zero-order valence-corrected chi connectivity index (χ0v) is 21.5. The molecule has 2 heterocycles. The van der Waals surface area contributed by atoms with E-state index >= 15 is 0 Å². The van der Waals surface area contributed by atoms with Crippen molar-refractivity contribution in [2.75, 3.05) is 67.8 Å². The van der Waals surface area contributed by atoms with Crippen molar-refractivity contribution in [1.29, 1.82) is 0 Å². The van der Waals surface area contributed by atoms with Gasteiger partial charge in [0, 0.05) is 37.6 Å². The molecule has 0 spiro atoms. The van der Waals surface area contributed by atoms with Crippen molar-refractivity contribution in [1.82, 2.24) is 0 Å². The van der Waals surface area contributed by atoms with Gasteiger partial charge >= 0.3 is 11.9 Å². The number of benzene rings is 1. The second-order valence-electron chi connectivity index (χ2n) is 6.96. The van der Waals surface area contributed by atoms with Gasteiger partial charge in [0.05, 0.1) is 35.9 Å². The number of hydrogen-bond acceptors (Lipinski definition) is 11. The van der Waals surface area contributed by atoms with Gasteiger partial charge in [0.1, 0.15) is 11.6 Å². The van der Waals surface area contributed by atoms with Crippen molar-refractivity contribution in [3.8, 4) is 0 Å². The highest BCUT2D eigenvalue weighted by molar-refractivity contribution is 7.99. The Morgan fingerprint density at radius 3 is 2.59 bits per heavy atom. The Bertz CT molecular complexity index is 960. The van der Waals surface area contributed by atoms with Crippen molar-refractivity contribution in [2.45, 2.75) is 13.8 Å². The number of carbonyl (C=O) groups is 3. The highest BCUT2D eigenvalue weighted by Crippen LogP contribution is 2.40. The number of thiophene rings is 1. The second kappa shape index (κ2) is 14.5. The zero-order chi connectivity index (χ0) is 24.9. The standard InChI is InChI=1S/C13H20N2O3S.C10H11NO3S/c1-4-18-13(16)10-9(2)12(19-11(10)14-3)15-5-7-17-8-6-15;1-15-11-9-4-2-3-8(7-9)10(13)14-6-5-12/h14H,4-8H2,1-3H3;2-5,7,11H,6H2,1H3. The van der Waals surface area contributed by atoms with E-state index in [0.29, 0.717) is 24.0 Å². The third-order valence-corrected chi connectivity index (χ3v) is 6.54. The lowest BCUT2D eigenvalue weighted by Crippen LogP contribution is -2.36. The Labute approximate surface area is 208 Å². The van der Waals surface area contributed by atoms with Gasteiger partial charge in [0.15, 0.2) is 6.29 Å². The lowest BCUT2D eigenvalue weighted by Gasteiger charge is -2.28. The van der Waals surface area contributed by atoms with Crippen molar-refractivity contribution in [3.05, 3.63) is 41.0 Å². The average molecular weight is 510 g/mol. The van der Waals surface area contributed by atoms with Crippen LogP contribution < -0.4 is 14.9 Å². The molecule has 11 heteroatoms. The van der Waals surface area contributed by atoms with Crippen LogP contribution >= 0.6 is 23.3 Å². The van der Waals surface area contributed by atoms with Gasteiger partial charge < -0.3 is 29.1 Å². The molecule has 9 nitrogen and oxygen atoms in total. The molecule has 0 amide bonds. The normalized spacial score (nSPS) is 12.8. The van der Waals surface area contributed by atoms with E-state index in [1.54, 1.807) is 29.5 Å². The number of nitrogens with zero attached hydrogens (tertiary/aromatic N) is 1. The lowest BCUT2D eigenvalue weighted by molar-refractivity contribution is -0.110. The SMILES string of the molecule is CCOC(=O)c1c(NC)sc(N2CCOCC2)c1C.CSNc1cccc(C(=O)OCC=O)c1. The summed E-state index contributed by atoms with van der Waals surface area (Å²) in [5.74, 6) is -0.744. The average Bonchev–Trinajstić information content (AvgIpc) is 3.20. The van der Waals surface area contributed by atoms with E-state index in [1.807, 2.05) is 33.2 Å². The van der Waals surface area contributed by atoms with Gasteiger partial charge in [-0.25, -0.2) is 9.59 Å². The summed E-state index contributed by atoms with van der Waals surface area (Å²) in [6.07, 6.45) is 2.43. The summed E-state index contributed by atoms with van der Waals surface area (Å²) in [4.78, 5) is 35.7. The van der Waals surface area contributed by atoms with Crippen LogP contribution in [0.2, 0.25) is 0 Å². The van der Waals surface area contributed by atoms with Crippen LogP contribution in [-0.2, 0) is 19.0 Å². The number of carbonyl (C=O) groups excluding carboxylic acids is 3. The van der Waals surface area contributed by atoms with Crippen LogP contribution in [0.5, 0.6) is 0 Å². The predicted octanol–water partition coefficient (Wildman–Crippen LogP) is 3.84. The molecule has 3 rings (SSSR count). The van der Waals surface area contributed by atoms with E-state index in [0.717, 1.165) is 47.6 Å². The van der Waals surface area contributed by atoms with Crippen LogP contribution in [0.1, 0.15) is 33.2 Å². The summed E-state index contributed by atoms with van der Waals surface area (Å²) in [6, 6.07) is 6.89. The summed E-state index contributed by atoms with van der Waals surface area (Å²) >= 11 is 3.04. The first-order valence-electron chi connectivity index (χ1n) is 10.8. The molecule has 186 valence electrons. The molecule has 1 saturated heterocycles. The first-order chi connectivity index (χ1) is 16.5. The monoisotopic (exact) mass is 509 g/mol. The van der Waals surface area contributed by atoms with Gasteiger partial charge in [-0.3, -0.25) is 4.79 Å². The minimum Gasteiger partial charge on any atom is -0.462 e. The smallest absolute Gasteiger partial charge is 0.341 e. The number of nitrogens with one attached hydrogen (secondary N) is 2. The number of ether oxygens (including phenoxy) is 3. The molecular weight excluding hydrogens is 478 g/mol. The number of esters is 2. The largest absolute Gasteiger partial charge is 0.462 e. The van der Waals surface area contributed by atoms with Gasteiger partial charge in [-0.2, -0.15) is 0 Å². The van der Waals surface area contributed by atoms with E-state index in [1.165, 1.54) is 11.9 Å². The molecular formula is C23H31N3O6S2. The Hall–Kier alpha value is -2.76. The number of rotatable bonds is 9. The predicted molar refractivity (Wildman–Crippen MR) is 138 cm³/mol. The number of aldehydes is 1. The van der Waals surface area contributed by atoms with Crippen molar-refractivity contribution >= 4 is 57.2 Å². The maximum Gasteiger partial charge on any atom is 0.341 e. The van der Waals surface area contributed by atoms with Crippen LogP contribution in [-0.4, -0.2) is 71.0 Å². The molecule has 0 saturated carbocycles. The van der Waals surface area contributed by atoms with E-state index < -0.39 is 5.97 Å². The fraction of sp³-hybridized carbons (Fsp3) is 0.435. The summed E-state index contributed by atoms with van der Waals surface area (Å²) in [6.45, 7) is 7.20. The Morgan fingerprint density at radius 2 is 1.97 bits per heavy atom. The first kappa shape index (κ1) is 27.5. The highest BCUT2D eigenvalue weighted by Gasteiger charge is 2.25. The van der Waals surface area contributed by atoms with Gasteiger partial charge in [-0.05, 0) is 32.0 Å². The van der Waals surface area contributed by atoms with Gasteiger partial charge in [-0.1, -0.05) is 29.4 Å². The summed E-state index contributed by atoms with van der Waals surface area (Å²) in [7, 11) is 1.83. The topological polar surface area (TPSA) is 106 Å². The summed E-state index contributed by atoms with van der Waals surface area (Å²) in [5.41, 5.74) is 2.91. The highest BCUT2D eigenvalue weighted by atomic mass is 32.2. The third kappa shape index (κ3) is 7.64. The van der Waals surface area contributed by atoms with E-state index in [-0.39, 0.29) is 12.6 Å². The number of hydrogen-bond donors (Lipinski definition) is 2. The molecule has 0 bridgehead atoms. The second-order valence-corrected chi connectivity index (χ2v) is 8.57. The molecule has 0 aliphatic carbocycles. The molecule has 0 unspecified atom stereocenters. The molecule has 2 aromatic rings. The molecule has 2 N–H and O–H groups in total. The zero-order valence-electron chi connectivity index (χ0n) is 19.8. The summed E-state index contributed by atoms with van der Waals surface area (Å²) in [5, 5.41) is 5.10. The molecule has 1 aromatic heterocycles. The fourth-order valence-electron chi connectivity index (χ4n) is 3.22. The van der Waals surface area contributed by atoms with Crippen LogP contribution in [0.3, 0.4) is 0 Å². The fourth-order valence-corrected chi connectivity index (χ4v) is 4.78. The van der Waals surface area contributed by atoms with Gasteiger partial charge in [-0.15, -0.1) is 0 Å². The van der Waals surface area contributed by atoms with E-state index in [4.69, 9.17) is 9.47 Å². The molecule has 34 heavy (non-hydrogen) atoms. The Kier molecular flexibility index (Phi) is 11.7. The van der Waals surface area contributed by atoms with Crippen LogP contribution in [0.4, 0.5) is 15.7 Å². The molecule has 1 aliphatic rings. The maximum absolute atomic E-state index is 12.0. The Morgan fingerprint density at radius 1 is 1.24 bits per heavy atom. The van der Waals surface area contributed by atoms with Gasteiger partial charge in [0.25, 0.3) is 0 Å². The van der Waals surface area contributed by atoms with E-state index in [9.17, 15) is 14.4 Å². The number of morpholine rings is 1. The first-order valence-corrected chi connectivity index (χ1v) is 12.8. The molecule has 0 atom stereocenters. The van der Waals surface area contributed by atoms with E-state index in [2.05, 4.69) is 19.7 Å². The summed E-state index contributed by atoms with van der Waals surface area (Å²) < 4.78 is 18.2. The van der Waals surface area contributed by atoms with Crippen molar-refractivity contribution in [3.63, 3.8) is 0 Å². The quantitative estimate of drug-likeness (QED) is 0.294. The minimum absolute atomic E-state index is 0.209. The van der Waals surface area contributed by atoms with Gasteiger partial charge in [0.2, 0.25) is 0 Å². The molecule has 0 radical (unpaired) electrons. The molecule has 1 fully saturated rings.